The number of aliphatic hydroxyl groups is 1. The van der Waals surface area contributed by atoms with Gasteiger partial charge in [0.05, 0.1) is 19.3 Å². The average Bonchev–Trinajstić information content (AvgIpc) is 2.95. The Labute approximate surface area is 119 Å². The van der Waals surface area contributed by atoms with E-state index in [0.29, 0.717) is 24.7 Å². The van der Waals surface area contributed by atoms with Gasteiger partial charge in [-0.25, -0.2) is 0 Å². The first-order valence-electron chi connectivity index (χ1n) is 7.01. The van der Waals surface area contributed by atoms with Crippen molar-refractivity contribution in [2.75, 3.05) is 26.4 Å². The summed E-state index contributed by atoms with van der Waals surface area (Å²) in [5.41, 5.74) is 0. The zero-order chi connectivity index (χ0) is 14.4. The normalized spacial score (nSPS) is 18.1. The number of ether oxygens (including phenoxy) is 2. The number of benzene rings is 1. The van der Waals surface area contributed by atoms with E-state index in [1.165, 1.54) is 0 Å². The summed E-state index contributed by atoms with van der Waals surface area (Å²) in [6.07, 6.45) is 1.80. The molecule has 0 radical (unpaired) electrons. The van der Waals surface area contributed by atoms with Crippen molar-refractivity contribution in [1.82, 2.24) is 4.90 Å². The second-order valence-corrected chi connectivity index (χ2v) is 4.73. The quantitative estimate of drug-likeness (QED) is 0.856. The van der Waals surface area contributed by atoms with Crippen molar-refractivity contribution in [1.29, 1.82) is 0 Å². The highest BCUT2D eigenvalue weighted by Crippen LogP contribution is 2.26. The average molecular weight is 279 g/mol. The molecule has 5 heteroatoms. The van der Waals surface area contributed by atoms with Crippen LogP contribution in [-0.2, 0) is 4.79 Å². The standard InChI is InChI=1S/C15H21NO4/c1-2-19-13-7-3-4-8-14(13)20-11-15(18)16-9-5-6-12(16)10-17/h3-4,7-8,12,17H,2,5-6,9-11H2,1H3. The maximum absolute atomic E-state index is 12.1. The van der Waals surface area contributed by atoms with E-state index in [2.05, 4.69) is 0 Å². The molecular formula is C15H21NO4. The number of likely N-dealkylation sites (tertiary alicyclic amines) is 1. The summed E-state index contributed by atoms with van der Waals surface area (Å²) in [4.78, 5) is 13.8. The second kappa shape index (κ2) is 7.14. The van der Waals surface area contributed by atoms with Crippen molar-refractivity contribution >= 4 is 5.91 Å². The number of carbonyl (C=O) groups excluding carboxylic acids is 1. The van der Waals surface area contributed by atoms with Crippen LogP contribution in [0.1, 0.15) is 19.8 Å². The van der Waals surface area contributed by atoms with Gasteiger partial charge in [0, 0.05) is 6.54 Å². The van der Waals surface area contributed by atoms with Crippen LogP contribution in [0.3, 0.4) is 0 Å². The summed E-state index contributed by atoms with van der Waals surface area (Å²) < 4.78 is 11.0. The van der Waals surface area contributed by atoms with Crippen molar-refractivity contribution in [3.8, 4) is 11.5 Å². The zero-order valence-corrected chi connectivity index (χ0v) is 11.7. The lowest BCUT2D eigenvalue weighted by Gasteiger charge is -2.23. The number of amides is 1. The fraction of sp³-hybridized carbons (Fsp3) is 0.533. The molecule has 5 nitrogen and oxygen atoms in total. The Hall–Kier alpha value is -1.75. The second-order valence-electron chi connectivity index (χ2n) is 4.73. The molecule has 0 spiro atoms. The molecule has 1 atom stereocenters. The smallest absolute Gasteiger partial charge is 0.260 e. The number of hydrogen-bond donors (Lipinski definition) is 1. The van der Waals surface area contributed by atoms with E-state index in [-0.39, 0.29) is 25.2 Å². The van der Waals surface area contributed by atoms with Gasteiger partial charge in [-0.3, -0.25) is 4.79 Å². The molecular weight excluding hydrogens is 258 g/mol. The van der Waals surface area contributed by atoms with E-state index in [1.807, 2.05) is 25.1 Å². The van der Waals surface area contributed by atoms with Crippen LogP contribution in [0.4, 0.5) is 0 Å². The molecule has 0 bridgehead atoms. The van der Waals surface area contributed by atoms with Gasteiger partial charge in [0.1, 0.15) is 0 Å². The molecule has 110 valence electrons. The molecule has 1 amide bonds. The Kier molecular flexibility index (Phi) is 5.24. The zero-order valence-electron chi connectivity index (χ0n) is 11.7. The molecule has 0 saturated carbocycles. The third-order valence-corrected chi connectivity index (χ3v) is 3.41. The van der Waals surface area contributed by atoms with Crippen LogP contribution in [-0.4, -0.2) is 48.3 Å². The third-order valence-electron chi connectivity index (χ3n) is 3.41. The molecule has 20 heavy (non-hydrogen) atoms. The minimum absolute atomic E-state index is 0.0152. The van der Waals surface area contributed by atoms with E-state index in [1.54, 1.807) is 11.0 Å². The summed E-state index contributed by atoms with van der Waals surface area (Å²) in [7, 11) is 0. The highest BCUT2D eigenvalue weighted by Gasteiger charge is 2.28. The molecule has 2 rings (SSSR count). The minimum atomic E-state index is -0.0900. The van der Waals surface area contributed by atoms with E-state index < -0.39 is 0 Å². The fourth-order valence-corrected chi connectivity index (χ4v) is 2.42. The van der Waals surface area contributed by atoms with Crippen molar-refractivity contribution in [3.05, 3.63) is 24.3 Å². The number of aliphatic hydroxyl groups excluding tert-OH is 1. The first-order chi connectivity index (χ1) is 9.76. The van der Waals surface area contributed by atoms with Crippen molar-refractivity contribution in [2.45, 2.75) is 25.8 Å². The Morgan fingerprint density at radius 3 is 2.70 bits per heavy atom. The molecule has 1 fully saturated rings. The van der Waals surface area contributed by atoms with Gasteiger partial charge < -0.3 is 19.5 Å². The van der Waals surface area contributed by atoms with Crippen LogP contribution < -0.4 is 9.47 Å². The Morgan fingerprint density at radius 1 is 1.35 bits per heavy atom. The number of para-hydroxylation sites is 2. The van der Waals surface area contributed by atoms with Crippen molar-refractivity contribution in [2.24, 2.45) is 0 Å². The topological polar surface area (TPSA) is 59.0 Å². The monoisotopic (exact) mass is 279 g/mol. The lowest BCUT2D eigenvalue weighted by atomic mass is 10.2. The lowest BCUT2D eigenvalue weighted by Crippen LogP contribution is -2.40. The van der Waals surface area contributed by atoms with Gasteiger partial charge in [0.15, 0.2) is 18.1 Å². The molecule has 1 aromatic carbocycles. The summed E-state index contributed by atoms with van der Waals surface area (Å²) in [5.74, 6) is 1.12. The van der Waals surface area contributed by atoms with Crippen molar-refractivity contribution < 1.29 is 19.4 Å². The van der Waals surface area contributed by atoms with E-state index in [0.717, 1.165) is 12.8 Å². The maximum atomic E-state index is 12.1. The van der Waals surface area contributed by atoms with Gasteiger partial charge in [0.25, 0.3) is 5.91 Å². The largest absolute Gasteiger partial charge is 0.490 e. The molecule has 0 aliphatic carbocycles. The minimum Gasteiger partial charge on any atom is -0.490 e. The third kappa shape index (κ3) is 3.42. The fourth-order valence-electron chi connectivity index (χ4n) is 2.42. The molecule has 1 unspecified atom stereocenters. The van der Waals surface area contributed by atoms with Gasteiger partial charge >= 0.3 is 0 Å². The Bertz CT molecular complexity index is 449. The summed E-state index contributed by atoms with van der Waals surface area (Å²) in [6, 6.07) is 7.24. The highest BCUT2D eigenvalue weighted by atomic mass is 16.5. The predicted octanol–water partition coefficient (Wildman–Crippen LogP) is 1.45. The first-order valence-corrected chi connectivity index (χ1v) is 7.01. The maximum Gasteiger partial charge on any atom is 0.260 e. The summed E-state index contributed by atoms with van der Waals surface area (Å²) in [5, 5.41) is 9.23. The van der Waals surface area contributed by atoms with Crippen LogP contribution in [0.5, 0.6) is 11.5 Å². The van der Waals surface area contributed by atoms with Crippen LogP contribution in [0.15, 0.2) is 24.3 Å². The molecule has 1 aliphatic heterocycles. The Morgan fingerprint density at radius 2 is 2.05 bits per heavy atom. The van der Waals surface area contributed by atoms with E-state index in [9.17, 15) is 9.90 Å². The van der Waals surface area contributed by atoms with Crippen molar-refractivity contribution in [3.63, 3.8) is 0 Å². The SMILES string of the molecule is CCOc1ccccc1OCC(=O)N1CCCC1CO. The van der Waals surface area contributed by atoms with Gasteiger partial charge in [-0.05, 0) is 31.9 Å². The molecule has 1 heterocycles. The van der Waals surface area contributed by atoms with Crippen LogP contribution >= 0.6 is 0 Å². The molecule has 1 saturated heterocycles. The van der Waals surface area contributed by atoms with E-state index >= 15 is 0 Å². The molecule has 1 N–H and O–H groups in total. The lowest BCUT2D eigenvalue weighted by molar-refractivity contribution is -0.134. The molecule has 1 aromatic rings. The van der Waals surface area contributed by atoms with Crippen LogP contribution in [0.25, 0.3) is 0 Å². The first kappa shape index (κ1) is 14.7. The number of rotatable bonds is 6. The number of carbonyl (C=O) groups is 1. The van der Waals surface area contributed by atoms with Gasteiger partial charge in [-0.1, -0.05) is 12.1 Å². The van der Waals surface area contributed by atoms with Gasteiger partial charge in [0.2, 0.25) is 0 Å². The highest BCUT2D eigenvalue weighted by molar-refractivity contribution is 5.78. The van der Waals surface area contributed by atoms with E-state index in [4.69, 9.17) is 9.47 Å². The van der Waals surface area contributed by atoms with Crippen LogP contribution in [0, 0.1) is 0 Å². The Balaban J connectivity index is 1.93. The van der Waals surface area contributed by atoms with Gasteiger partial charge in [-0.2, -0.15) is 0 Å². The number of nitrogens with zero attached hydrogens (tertiary/aromatic N) is 1. The summed E-state index contributed by atoms with van der Waals surface area (Å²) >= 11 is 0. The molecule has 0 aromatic heterocycles. The molecule has 1 aliphatic rings. The van der Waals surface area contributed by atoms with Crippen LogP contribution in [0.2, 0.25) is 0 Å². The predicted molar refractivity (Wildman–Crippen MR) is 74.9 cm³/mol. The van der Waals surface area contributed by atoms with Gasteiger partial charge in [-0.15, -0.1) is 0 Å². The number of hydrogen-bond acceptors (Lipinski definition) is 4. The summed E-state index contributed by atoms with van der Waals surface area (Å²) in [6.45, 7) is 3.13.